The van der Waals surface area contributed by atoms with Gasteiger partial charge in [-0.3, -0.25) is 4.98 Å². The lowest BCUT2D eigenvalue weighted by atomic mass is 10.0. The van der Waals surface area contributed by atoms with Crippen LogP contribution in [0.25, 0.3) is 22.0 Å². The van der Waals surface area contributed by atoms with Crippen LogP contribution < -0.4 is 0 Å². The first-order valence-electron chi connectivity index (χ1n) is 5.47. The molecule has 0 radical (unpaired) electrons. The summed E-state index contributed by atoms with van der Waals surface area (Å²) in [5.74, 6) is 0. The van der Waals surface area contributed by atoms with E-state index in [0.29, 0.717) is 0 Å². The number of hydrogen-bond acceptors (Lipinski definition) is 3. The van der Waals surface area contributed by atoms with E-state index in [-0.39, 0.29) is 0 Å². The fraction of sp³-hybridized carbons (Fsp3) is 0.0714. The van der Waals surface area contributed by atoms with E-state index in [1.54, 1.807) is 6.20 Å². The van der Waals surface area contributed by atoms with Crippen LogP contribution in [0.4, 0.5) is 0 Å². The quantitative estimate of drug-likeness (QED) is 0.634. The van der Waals surface area contributed by atoms with Crippen LogP contribution in [0.15, 0.2) is 48.9 Å². The Hall–Kier alpha value is -2.29. The molecule has 2 aromatic heterocycles. The van der Waals surface area contributed by atoms with Gasteiger partial charge in [0.15, 0.2) is 0 Å². The Morgan fingerprint density at radius 3 is 2.82 bits per heavy atom. The standard InChI is InChI=1S/C14H11N3/c1-10-4-6-15-9-13(10)11-2-3-14-12(8-11)5-7-16-17-14/h2-9H,1H3. The molecule has 3 heteroatoms. The minimum Gasteiger partial charge on any atom is -0.264 e. The van der Waals surface area contributed by atoms with Gasteiger partial charge in [-0.25, -0.2) is 0 Å². The molecular weight excluding hydrogens is 210 g/mol. The zero-order chi connectivity index (χ0) is 11.7. The number of hydrogen-bond donors (Lipinski definition) is 0. The zero-order valence-corrected chi connectivity index (χ0v) is 9.46. The van der Waals surface area contributed by atoms with Crippen LogP contribution >= 0.6 is 0 Å². The fourth-order valence-corrected chi connectivity index (χ4v) is 1.92. The molecule has 0 aliphatic heterocycles. The minimum atomic E-state index is 0.915. The van der Waals surface area contributed by atoms with Crippen molar-refractivity contribution in [3.05, 3.63) is 54.5 Å². The topological polar surface area (TPSA) is 38.7 Å². The summed E-state index contributed by atoms with van der Waals surface area (Å²) in [5.41, 5.74) is 4.46. The highest BCUT2D eigenvalue weighted by Gasteiger charge is 2.03. The molecule has 0 aliphatic carbocycles. The molecule has 3 rings (SSSR count). The van der Waals surface area contributed by atoms with Gasteiger partial charge in [-0.05, 0) is 42.3 Å². The number of fused-ring (bicyclic) bond motifs is 1. The Balaban J connectivity index is 2.22. The predicted octanol–water partition coefficient (Wildman–Crippen LogP) is 3.00. The van der Waals surface area contributed by atoms with Crippen molar-refractivity contribution in [1.29, 1.82) is 0 Å². The van der Waals surface area contributed by atoms with Gasteiger partial charge in [0, 0.05) is 23.3 Å². The molecule has 0 aliphatic rings. The number of aryl methyl sites for hydroxylation is 1. The molecule has 2 heterocycles. The van der Waals surface area contributed by atoms with Gasteiger partial charge < -0.3 is 0 Å². The Bertz CT molecular complexity index is 677. The molecule has 0 bridgehead atoms. The molecule has 0 N–H and O–H groups in total. The van der Waals surface area contributed by atoms with E-state index in [1.165, 1.54) is 5.56 Å². The summed E-state index contributed by atoms with van der Waals surface area (Å²) in [5, 5.41) is 9.04. The lowest BCUT2D eigenvalue weighted by Crippen LogP contribution is -1.87. The number of aromatic nitrogens is 3. The third-order valence-electron chi connectivity index (χ3n) is 2.86. The number of pyridine rings is 1. The normalized spacial score (nSPS) is 10.6. The lowest BCUT2D eigenvalue weighted by molar-refractivity contribution is 1.08. The van der Waals surface area contributed by atoms with Crippen LogP contribution in [0.1, 0.15) is 5.56 Å². The summed E-state index contributed by atoms with van der Waals surface area (Å²) in [6, 6.07) is 10.2. The Morgan fingerprint density at radius 1 is 1.00 bits per heavy atom. The van der Waals surface area contributed by atoms with Gasteiger partial charge in [-0.15, -0.1) is 0 Å². The molecule has 82 valence electrons. The Kier molecular flexibility index (Phi) is 2.29. The molecule has 0 spiro atoms. The monoisotopic (exact) mass is 221 g/mol. The summed E-state index contributed by atoms with van der Waals surface area (Å²) in [6.45, 7) is 2.09. The van der Waals surface area contributed by atoms with Gasteiger partial charge in [-0.2, -0.15) is 10.2 Å². The summed E-state index contributed by atoms with van der Waals surface area (Å²) in [4.78, 5) is 4.17. The maximum atomic E-state index is 4.17. The van der Waals surface area contributed by atoms with Gasteiger partial charge >= 0.3 is 0 Å². The van der Waals surface area contributed by atoms with Crippen LogP contribution in [0.2, 0.25) is 0 Å². The Labute approximate surface area is 99.2 Å². The van der Waals surface area contributed by atoms with Gasteiger partial charge in [-0.1, -0.05) is 6.07 Å². The molecule has 17 heavy (non-hydrogen) atoms. The van der Waals surface area contributed by atoms with E-state index in [0.717, 1.165) is 22.0 Å². The molecule has 0 atom stereocenters. The van der Waals surface area contributed by atoms with Crippen molar-refractivity contribution in [1.82, 2.24) is 15.2 Å². The number of benzene rings is 1. The number of rotatable bonds is 1. The van der Waals surface area contributed by atoms with Crippen LogP contribution in [-0.4, -0.2) is 15.2 Å². The summed E-state index contributed by atoms with van der Waals surface area (Å²) in [7, 11) is 0. The highest BCUT2D eigenvalue weighted by atomic mass is 15.1. The van der Waals surface area contributed by atoms with Crippen LogP contribution in [-0.2, 0) is 0 Å². The third kappa shape index (κ3) is 1.76. The first kappa shape index (κ1) is 9.90. The lowest BCUT2D eigenvalue weighted by Gasteiger charge is -2.05. The van der Waals surface area contributed by atoms with Gasteiger partial charge in [0.2, 0.25) is 0 Å². The minimum absolute atomic E-state index is 0.915. The predicted molar refractivity (Wildman–Crippen MR) is 67.5 cm³/mol. The van der Waals surface area contributed by atoms with E-state index in [1.807, 2.05) is 30.6 Å². The van der Waals surface area contributed by atoms with Crippen molar-refractivity contribution >= 4 is 10.9 Å². The highest BCUT2D eigenvalue weighted by molar-refractivity contribution is 5.84. The van der Waals surface area contributed by atoms with Crippen LogP contribution in [0, 0.1) is 6.92 Å². The molecule has 3 nitrogen and oxygen atoms in total. The SMILES string of the molecule is Cc1ccncc1-c1ccc2nnccc2c1. The average Bonchev–Trinajstić information content (AvgIpc) is 2.39. The average molecular weight is 221 g/mol. The van der Waals surface area contributed by atoms with E-state index in [4.69, 9.17) is 0 Å². The molecule has 1 aromatic carbocycles. The maximum Gasteiger partial charge on any atom is 0.0930 e. The van der Waals surface area contributed by atoms with Gasteiger partial charge in [0.25, 0.3) is 0 Å². The van der Waals surface area contributed by atoms with Crippen LogP contribution in [0.5, 0.6) is 0 Å². The van der Waals surface area contributed by atoms with Crippen molar-refractivity contribution in [2.24, 2.45) is 0 Å². The maximum absolute atomic E-state index is 4.17. The van der Waals surface area contributed by atoms with Crippen molar-refractivity contribution < 1.29 is 0 Å². The van der Waals surface area contributed by atoms with E-state index >= 15 is 0 Å². The first-order chi connectivity index (χ1) is 8.34. The molecule has 0 unspecified atom stereocenters. The van der Waals surface area contributed by atoms with Gasteiger partial charge in [0.05, 0.1) is 11.7 Å². The van der Waals surface area contributed by atoms with E-state index in [9.17, 15) is 0 Å². The highest BCUT2D eigenvalue weighted by Crippen LogP contribution is 2.24. The van der Waals surface area contributed by atoms with E-state index < -0.39 is 0 Å². The van der Waals surface area contributed by atoms with Crippen molar-refractivity contribution in [3.8, 4) is 11.1 Å². The summed E-state index contributed by atoms with van der Waals surface area (Å²) < 4.78 is 0. The molecular formula is C14H11N3. The molecule has 0 fully saturated rings. The second-order valence-corrected chi connectivity index (χ2v) is 4.00. The molecule has 0 saturated carbocycles. The summed E-state index contributed by atoms with van der Waals surface area (Å²) >= 11 is 0. The fourth-order valence-electron chi connectivity index (χ4n) is 1.92. The third-order valence-corrected chi connectivity index (χ3v) is 2.86. The second kappa shape index (κ2) is 3.94. The smallest absolute Gasteiger partial charge is 0.0930 e. The van der Waals surface area contributed by atoms with Crippen molar-refractivity contribution in [3.63, 3.8) is 0 Å². The second-order valence-electron chi connectivity index (χ2n) is 4.00. The number of nitrogens with zero attached hydrogens (tertiary/aromatic N) is 3. The summed E-state index contributed by atoms with van der Waals surface area (Å²) in [6.07, 6.45) is 5.42. The van der Waals surface area contributed by atoms with Crippen molar-refractivity contribution in [2.75, 3.05) is 0 Å². The van der Waals surface area contributed by atoms with E-state index in [2.05, 4.69) is 34.2 Å². The first-order valence-corrected chi connectivity index (χ1v) is 5.47. The van der Waals surface area contributed by atoms with Crippen LogP contribution in [0.3, 0.4) is 0 Å². The van der Waals surface area contributed by atoms with Gasteiger partial charge in [0.1, 0.15) is 0 Å². The Morgan fingerprint density at radius 2 is 1.94 bits per heavy atom. The molecule has 0 saturated heterocycles. The molecule has 0 amide bonds. The van der Waals surface area contributed by atoms with Crippen molar-refractivity contribution in [2.45, 2.75) is 6.92 Å². The zero-order valence-electron chi connectivity index (χ0n) is 9.46. The molecule has 3 aromatic rings. The largest absolute Gasteiger partial charge is 0.264 e.